The van der Waals surface area contributed by atoms with Gasteiger partial charge in [0.1, 0.15) is 12.4 Å². The average Bonchev–Trinajstić information content (AvgIpc) is 2.73. The Morgan fingerprint density at radius 1 is 1.21 bits per heavy atom. The third-order valence-electron chi connectivity index (χ3n) is 5.68. The number of carbonyl (C=O) groups is 2. The Balaban J connectivity index is 1.58. The monoisotopic (exact) mass is 404 g/mol. The molecule has 0 bridgehead atoms. The van der Waals surface area contributed by atoms with Crippen molar-refractivity contribution in [1.29, 1.82) is 0 Å². The second-order valence-corrected chi connectivity index (χ2v) is 8.75. The second-order valence-electron chi connectivity index (χ2n) is 7.46. The summed E-state index contributed by atoms with van der Waals surface area (Å²) >= 11 is 1.55. The standard InChI is InChI=1S/C21H25FN2O3S/c22-16-6-2-1-5-15(16)13-19-21(26)24(17-7-3-4-8-18(17)28-19)14-20(25)23-9-11-27-12-10-23/h1-2,5-6,13,17-18H,3-4,7-12,14H2/b19-13-. The van der Waals surface area contributed by atoms with Crippen molar-refractivity contribution in [3.05, 3.63) is 40.6 Å². The minimum absolute atomic E-state index is 0.0295. The molecule has 3 fully saturated rings. The number of amides is 2. The van der Waals surface area contributed by atoms with Crippen molar-refractivity contribution < 1.29 is 18.7 Å². The van der Waals surface area contributed by atoms with Gasteiger partial charge >= 0.3 is 0 Å². The number of thioether (sulfide) groups is 1. The van der Waals surface area contributed by atoms with Crippen LogP contribution in [0.1, 0.15) is 31.2 Å². The summed E-state index contributed by atoms with van der Waals surface area (Å²) in [5.74, 6) is -0.527. The van der Waals surface area contributed by atoms with Crippen molar-refractivity contribution in [2.45, 2.75) is 37.0 Å². The fraction of sp³-hybridized carbons (Fsp3) is 0.524. The molecular formula is C21H25FN2O3S. The van der Waals surface area contributed by atoms with Gasteiger partial charge in [0.25, 0.3) is 5.91 Å². The average molecular weight is 405 g/mol. The maximum absolute atomic E-state index is 14.1. The third kappa shape index (κ3) is 4.10. The van der Waals surface area contributed by atoms with Gasteiger partial charge in [-0.05, 0) is 25.0 Å². The number of morpholine rings is 1. The minimum Gasteiger partial charge on any atom is -0.378 e. The van der Waals surface area contributed by atoms with Gasteiger partial charge in [-0.15, -0.1) is 11.8 Å². The summed E-state index contributed by atoms with van der Waals surface area (Å²) in [6, 6.07) is 6.54. The van der Waals surface area contributed by atoms with E-state index in [-0.39, 0.29) is 35.5 Å². The van der Waals surface area contributed by atoms with E-state index < -0.39 is 0 Å². The Hall–Kier alpha value is -1.86. The molecule has 5 nitrogen and oxygen atoms in total. The van der Waals surface area contributed by atoms with E-state index in [1.807, 2.05) is 0 Å². The van der Waals surface area contributed by atoms with Gasteiger partial charge in [0.2, 0.25) is 5.91 Å². The van der Waals surface area contributed by atoms with E-state index in [0.717, 1.165) is 25.7 Å². The topological polar surface area (TPSA) is 49.9 Å². The van der Waals surface area contributed by atoms with Gasteiger partial charge in [0.05, 0.1) is 18.1 Å². The summed E-state index contributed by atoms with van der Waals surface area (Å²) in [6.45, 7) is 2.32. The van der Waals surface area contributed by atoms with Crippen LogP contribution in [-0.2, 0) is 14.3 Å². The number of ether oxygens (including phenoxy) is 1. The van der Waals surface area contributed by atoms with Gasteiger partial charge in [-0.1, -0.05) is 31.0 Å². The van der Waals surface area contributed by atoms with Crippen LogP contribution in [0.2, 0.25) is 0 Å². The lowest BCUT2D eigenvalue weighted by Gasteiger charge is -2.44. The molecule has 1 saturated carbocycles. The first-order valence-corrected chi connectivity index (χ1v) is 10.8. The van der Waals surface area contributed by atoms with Crippen molar-refractivity contribution in [3.8, 4) is 0 Å². The van der Waals surface area contributed by atoms with Gasteiger partial charge in [-0.2, -0.15) is 0 Å². The quantitative estimate of drug-likeness (QED) is 0.727. The van der Waals surface area contributed by atoms with Gasteiger partial charge in [0, 0.05) is 29.9 Å². The van der Waals surface area contributed by atoms with Crippen LogP contribution in [0.5, 0.6) is 0 Å². The van der Waals surface area contributed by atoms with Crippen molar-refractivity contribution in [2.75, 3.05) is 32.8 Å². The molecule has 4 rings (SSSR count). The number of rotatable bonds is 3. The van der Waals surface area contributed by atoms with Gasteiger partial charge in [-0.25, -0.2) is 4.39 Å². The van der Waals surface area contributed by atoms with E-state index in [9.17, 15) is 14.0 Å². The lowest BCUT2D eigenvalue weighted by Crippen LogP contribution is -2.55. The molecule has 2 atom stereocenters. The first-order valence-electron chi connectivity index (χ1n) is 9.93. The number of hydrogen-bond donors (Lipinski definition) is 0. The number of nitrogens with zero attached hydrogens (tertiary/aromatic N) is 2. The molecule has 0 radical (unpaired) electrons. The molecule has 1 aliphatic carbocycles. The Morgan fingerprint density at radius 3 is 2.75 bits per heavy atom. The lowest BCUT2D eigenvalue weighted by atomic mass is 9.93. The van der Waals surface area contributed by atoms with Crippen LogP contribution in [0, 0.1) is 5.82 Å². The molecule has 2 aliphatic heterocycles. The zero-order valence-corrected chi connectivity index (χ0v) is 16.6. The number of carbonyl (C=O) groups excluding carboxylic acids is 2. The molecule has 28 heavy (non-hydrogen) atoms. The molecule has 3 aliphatic rings. The fourth-order valence-corrected chi connectivity index (χ4v) is 5.62. The largest absolute Gasteiger partial charge is 0.378 e. The maximum atomic E-state index is 14.1. The lowest BCUT2D eigenvalue weighted by molar-refractivity contribution is -0.143. The Kier molecular flexibility index (Phi) is 6.01. The van der Waals surface area contributed by atoms with Crippen LogP contribution < -0.4 is 0 Å². The zero-order valence-electron chi connectivity index (χ0n) is 15.8. The molecule has 2 heterocycles. The van der Waals surface area contributed by atoms with E-state index in [1.165, 1.54) is 6.07 Å². The number of benzene rings is 1. The second kappa shape index (κ2) is 8.66. The van der Waals surface area contributed by atoms with Crippen molar-refractivity contribution in [1.82, 2.24) is 9.80 Å². The molecule has 0 aromatic heterocycles. The summed E-state index contributed by atoms with van der Waals surface area (Å²) < 4.78 is 19.4. The molecule has 2 saturated heterocycles. The highest BCUT2D eigenvalue weighted by molar-refractivity contribution is 8.04. The molecule has 1 aromatic rings. The van der Waals surface area contributed by atoms with Crippen LogP contribution in [0.15, 0.2) is 29.2 Å². The van der Waals surface area contributed by atoms with Crippen LogP contribution in [-0.4, -0.2) is 65.8 Å². The summed E-state index contributed by atoms with van der Waals surface area (Å²) in [7, 11) is 0. The number of fused-ring (bicyclic) bond motifs is 1. The Labute approximate surface area is 168 Å². The van der Waals surface area contributed by atoms with Crippen molar-refractivity contribution >= 4 is 29.7 Å². The highest BCUT2D eigenvalue weighted by Gasteiger charge is 2.41. The first-order chi connectivity index (χ1) is 13.6. The molecule has 1 aromatic carbocycles. The van der Waals surface area contributed by atoms with Gasteiger partial charge < -0.3 is 14.5 Å². The molecular weight excluding hydrogens is 379 g/mol. The first kappa shape index (κ1) is 19.5. The summed E-state index contributed by atoms with van der Waals surface area (Å²) in [5.41, 5.74) is 0.409. The van der Waals surface area contributed by atoms with Gasteiger partial charge in [0.15, 0.2) is 0 Å². The van der Waals surface area contributed by atoms with Crippen LogP contribution in [0.3, 0.4) is 0 Å². The van der Waals surface area contributed by atoms with Gasteiger partial charge in [-0.3, -0.25) is 9.59 Å². The molecule has 0 spiro atoms. The molecule has 2 unspecified atom stereocenters. The summed E-state index contributed by atoms with van der Waals surface area (Å²) in [4.78, 5) is 30.1. The predicted molar refractivity (Wildman–Crippen MR) is 107 cm³/mol. The van der Waals surface area contributed by atoms with E-state index in [2.05, 4.69) is 0 Å². The van der Waals surface area contributed by atoms with Crippen molar-refractivity contribution in [3.63, 3.8) is 0 Å². The predicted octanol–water partition coefficient (Wildman–Crippen LogP) is 2.91. The van der Waals surface area contributed by atoms with Crippen LogP contribution in [0.25, 0.3) is 6.08 Å². The molecule has 7 heteroatoms. The Bertz CT molecular complexity index is 779. The normalized spacial score (nSPS) is 27.0. The zero-order chi connectivity index (χ0) is 19.5. The molecule has 150 valence electrons. The SMILES string of the molecule is O=C(CN1C(=O)/C(=C/c2ccccc2F)SC2CCCCC21)N1CCOCC1. The smallest absolute Gasteiger partial charge is 0.261 e. The van der Waals surface area contributed by atoms with Crippen LogP contribution in [0.4, 0.5) is 4.39 Å². The highest BCUT2D eigenvalue weighted by atomic mass is 32.2. The molecule has 0 N–H and O–H groups in total. The third-order valence-corrected chi connectivity index (χ3v) is 7.08. The van der Waals surface area contributed by atoms with E-state index in [4.69, 9.17) is 4.74 Å². The Morgan fingerprint density at radius 2 is 1.96 bits per heavy atom. The fourth-order valence-electron chi connectivity index (χ4n) is 4.15. The number of hydrogen-bond acceptors (Lipinski definition) is 4. The van der Waals surface area contributed by atoms with Crippen LogP contribution >= 0.6 is 11.8 Å². The molecule has 2 amide bonds. The van der Waals surface area contributed by atoms with E-state index in [0.29, 0.717) is 36.8 Å². The highest BCUT2D eigenvalue weighted by Crippen LogP contribution is 2.42. The van der Waals surface area contributed by atoms with Crippen molar-refractivity contribution in [2.24, 2.45) is 0 Å². The number of halogens is 1. The minimum atomic E-state index is -0.342. The van der Waals surface area contributed by atoms with E-state index in [1.54, 1.807) is 45.8 Å². The van der Waals surface area contributed by atoms with E-state index >= 15 is 0 Å². The summed E-state index contributed by atoms with van der Waals surface area (Å²) in [5, 5.41) is 0.266. The summed E-state index contributed by atoms with van der Waals surface area (Å²) in [6.07, 6.45) is 5.77. The maximum Gasteiger partial charge on any atom is 0.261 e.